The van der Waals surface area contributed by atoms with Crippen molar-refractivity contribution in [3.8, 4) is 5.75 Å². The number of phenols is 1. The van der Waals surface area contributed by atoms with E-state index in [1.165, 1.54) is 0 Å². The molecule has 0 saturated carbocycles. The van der Waals surface area contributed by atoms with Crippen molar-refractivity contribution in [3.05, 3.63) is 29.3 Å². The molecule has 0 saturated heterocycles. The molecule has 10 heavy (non-hydrogen) atoms. The number of rotatable bonds is 1. The monoisotopic (exact) mass is 140 g/mol. The lowest BCUT2D eigenvalue weighted by atomic mass is 10.1. The van der Waals surface area contributed by atoms with Gasteiger partial charge in [0.05, 0.1) is 0 Å². The Kier molecular flexibility index (Phi) is 1.90. The third-order valence-corrected chi connectivity index (χ3v) is 1.38. The molecule has 0 fully saturated rings. The first-order valence-electron chi connectivity index (χ1n) is 3.08. The number of benzene rings is 1. The summed E-state index contributed by atoms with van der Waals surface area (Å²) in [4.78, 5) is 0. The molecular weight excluding hydrogens is 131 g/mol. The number of aryl methyl sites for hydroxylation is 1. The highest BCUT2D eigenvalue weighted by Gasteiger charge is 1.98. The van der Waals surface area contributed by atoms with Crippen molar-refractivity contribution in [3.63, 3.8) is 0 Å². The number of aromatic hydroxyl groups is 1. The van der Waals surface area contributed by atoms with Crippen LogP contribution in [0.25, 0.3) is 0 Å². The van der Waals surface area contributed by atoms with Crippen molar-refractivity contribution in [1.29, 1.82) is 0 Å². The molecule has 0 bridgehead atoms. The predicted octanol–water partition coefficient (Wildman–Crippen LogP) is 2.17. The zero-order valence-electron chi connectivity index (χ0n) is 5.76. The Hall–Kier alpha value is -1.05. The summed E-state index contributed by atoms with van der Waals surface area (Å²) in [7, 11) is 0. The van der Waals surface area contributed by atoms with Gasteiger partial charge in [0.15, 0.2) is 0 Å². The number of alkyl halides is 1. The van der Waals surface area contributed by atoms with Crippen LogP contribution in [0.1, 0.15) is 11.1 Å². The van der Waals surface area contributed by atoms with E-state index in [0.717, 1.165) is 5.56 Å². The average Bonchev–Trinajstić information content (AvgIpc) is 1.88. The molecule has 1 N–H and O–H groups in total. The Bertz CT molecular complexity index is 233. The number of hydrogen-bond acceptors (Lipinski definition) is 1. The zero-order chi connectivity index (χ0) is 7.56. The van der Waals surface area contributed by atoms with Gasteiger partial charge in [0.1, 0.15) is 12.4 Å². The molecule has 0 aliphatic heterocycles. The predicted molar refractivity (Wildman–Crippen MR) is 37.7 cm³/mol. The van der Waals surface area contributed by atoms with E-state index in [-0.39, 0.29) is 5.75 Å². The molecule has 0 radical (unpaired) electrons. The summed E-state index contributed by atoms with van der Waals surface area (Å²) < 4.78 is 12.0. The largest absolute Gasteiger partial charge is 0.508 e. The van der Waals surface area contributed by atoms with Crippen LogP contribution in [0, 0.1) is 6.92 Å². The molecule has 1 rings (SSSR count). The van der Waals surface area contributed by atoms with Gasteiger partial charge in [-0.3, -0.25) is 0 Å². The van der Waals surface area contributed by atoms with Crippen LogP contribution in [0.4, 0.5) is 4.39 Å². The summed E-state index contributed by atoms with van der Waals surface area (Å²) in [6.07, 6.45) is 0. The minimum absolute atomic E-state index is 0.0440. The Morgan fingerprint density at radius 2 is 2.20 bits per heavy atom. The van der Waals surface area contributed by atoms with Crippen LogP contribution in [-0.2, 0) is 6.67 Å². The third-order valence-electron chi connectivity index (χ3n) is 1.38. The van der Waals surface area contributed by atoms with Crippen molar-refractivity contribution in [1.82, 2.24) is 0 Å². The molecule has 0 spiro atoms. The van der Waals surface area contributed by atoms with Gasteiger partial charge in [-0.15, -0.1) is 0 Å². The van der Waals surface area contributed by atoms with Gasteiger partial charge in [0.2, 0.25) is 0 Å². The lowest BCUT2D eigenvalue weighted by molar-refractivity contribution is 0.432. The van der Waals surface area contributed by atoms with Crippen LogP contribution in [0.2, 0.25) is 0 Å². The number of phenolic OH excluding ortho intramolecular Hbond substituents is 1. The summed E-state index contributed by atoms with van der Waals surface area (Å²) in [6, 6.07) is 4.91. The third kappa shape index (κ3) is 1.26. The van der Waals surface area contributed by atoms with Crippen LogP contribution < -0.4 is 0 Å². The summed E-state index contributed by atoms with van der Waals surface area (Å²) in [5.41, 5.74) is 1.29. The Labute approximate surface area is 59.1 Å². The maximum atomic E-state index is 12.0. The first-order valence-corrected chi connectivity index (χ1v) is 3.08. The Morgan fingerprint density at radius 3 is 2.70 bits per heavy atom. The van der Waals surface area contributed by atoms with Gasteiger partial charge < -0.3 is 5.11 Å². The van der Waals surface area contributed by atoms with E-state index in [9.17, 15) is 4.39 Å². The molecule has 2 heteroatoms. The zero-order valence-corrected chi connectivity index (χ0v) is 5.76. The fourth-order valence-electron chi connectivity index (χ4n) is 0.787. The fraction of sp³-hybridized carbons (Fsp3) is 0.250. The first-order chi connectivity index (χ1) is 4.74. The van der Waals surface area contributed by atoms with Gasteiger partial charge in [-0.2, -0.15) is 0 Å². The Balaban J connectivity index is 3.07. The molecule has 1 aromatic rings. The van der Waals surface area contributed by atoms with E-state index in [1.54, 1.807) is 18.2 Å². The van der Waals surface area contributed by atoms with Gasteiger partial charge in [-0.1, -0.05) is 12.1 Å². The van der Waals surface area contributed by atoms with Crippen LogP contribution in [0.3, 0.4) is 0 Å². The van der Waals surface area contributed by atoms with Gasteiger partial charge in [-0.25, -0.2) is 4.39 Å². The van der Waals surface area contributed by atoms with E-state index in [0.29, 0.717) is 5.56 Å². The van der Waals surface area contributed by atoms with E-state index >= 15 is 0 Å². The molecule has 1 aromatic carbocycles. The van der Waals surface area contributed by atoms with Gasteiger partial charge >= 0.3 is 0 Å². The maximum absolute atomic E-state index is 12.0. The van der Waals surface area contributed by atoms with E-state index in [4.69, 9.17) is 5.11 Å². The van der Waals surface area contributed by atoms with Crippen molar-refractivity contribution in [2.24, 2.45) is 0 Å². The molecule has 0 amide bonds. The van der Waals surface area contributed by atoms with E-state index < -0.39 is 6.67 Å². The van der Waals surface area contributed by atoms with Crippen molar-refractivity contribution in [2.75, 3.05) is 0 Å². The molecule has 0 unspecified atom stereocenters. The van der Waals surface area contributed by atoms with Crippen molar-refractivity contribution >= 4 is 0 Å². The molecule has 1 nitrogen and oxygen atoms in total. The second-order valence-electron chi connectivity index (χ2n) is 2.27. The topological polar surface area (TPSA) is 20.2 Å². The first kappa shape index (κ1) is 7.06. The van der Waals surface area contributed by atoms with Crippen LogP contribution in [0.15, 0.2) is 18.2 Å². The quantitative estimate of drug-likeness (QED) is 0.633. The van der Waals surface area contributed by atoms with Crippen molar-refractivity contribution in [2.45, 2.75) is 13.6 Å². The normalized spacial score (nSPS) is 9.80. The molecule has 0 atom stereocenters. The highest BCUT2D eigenvalue weighted by Crippen LogP contribution is 2.18. The van der Waals surface area contributed by atoms with Crippen LogP contribution in [-0.4, -0.2) is 5.11 Å². The van der Waals surface area contributed by atoms with Crippen molar-refractivity contribution < 1.29 is 9.50 Å². The molecular formula is C8H9FO. The summed E-state index contributed by atoms with van der Waals surface area (Å²) in [5.74, 6) is 0.0440. The van der Waals surface area contributed by atoms with Gasteiger partial charge in [0.25, 0.3) is 0 Å². The van der Waals surface area contributed by atoms with Gasteiger partial charge in [0, 0.05) is 5.56 Å². The molecule has 54 valence electrons. The Morgan fingerprint density at radius 1 is 1.50 bits per heavy atom. The summed E-state index contributed by atoms with van der Waals surface area (Å²) in [6.45, 7) is 1.24. The van der Waals surface area contributed by atoms with E-state index in [1.807, 2.05) is 6.92 Å². The highest BCUT2D eigenvalue weighted by molar-refractivity contribution is 5.35. The maximum Gasteiger partial charge on any atom is 0.121 e. The minimum atomic E-state index is -0.605. The molecule has 0 aromatic heterocycles. The lowest BCUT2D eigenvalue weighted by Crippen LogP contribution is -1.80. The van der Waals surface area contributed by atoms with Crippen LogP contribution in [0.5, 0.6) is 5.75 Å². The minimum Gasteiger partial charge on any atom is -0.508 e. The number of halogens is 1. The highest BCUT2D eigenvalue weighted by atomic mass is 19.1. The summed E-state index contributed by atoms with van der Waals surface area (Å²) >= 11 is 0. The SMILES string of the molecule is Cc1ccc(CF)c(O)c1. The second kappa shape index (κ2) is 2.69. The molecule has 0 heterocycles. The summed E-state index contributed by atoms with van der Waals surface area (Å²) in [5, 5.41) is 9.05. The van der Waals surface area contributed by atoms with Gasteiger partial charge in [-0.05, 0) is 18.6 Å². The van der Waals surface area contributed by atoms with E-state index in [2.05, 4.69) is 0 Å². The smallest absolute Gasteiger partial charge is 0.121 e. The number of hydrogen-bond donors (Lipinski definition) is 1. The van der Waals surface area contributed by atoms with Crippen LogP contribution >= 0.6 is 0 Å². The standard InChI is InChI=1S/C8H9FO/c1-6-2-3-7(5-9)8(10)4-6/h2-4,10H,5H2,1H3. The average molecular weight is 140 g/mol. The fourth-order valence-corrected chi connectivity index (χ4v) is 0.787. The molecule has 0 aliphatic carbocycles. The second-order valence-corrected chi connectivity index (χ2v) is 2.27. The molecule has 0 aliphatic rings. The lowest BCUT2D eigenvalue weighted by Gasteiger charge is -1.99.